The van der Waals surface area contributed by atoms with Gasteiger partial charge in [0, 0.05) is 31.0 Å². The Balaban J connectivity index is 1.66. The zero-order valence-electron chi connectivity index (χ0n) is 14.3. The number of carbonyl (C=O) groups excluding carboxylic acids is 1. The molecule has 0 unspecified atom stereocenters. The van der Waals surface area contributed by atoms with E-state index >= 15 is 0 Å². The average Bonchev–Trinajstić information content (AvgIpc) is 2.60. The summed E-state index contributed by atoms with van der Waals surface area (Å²) >= 11 is 0. The maximum Gasteiger partial charge on any atom is 0.323 e. The Labute approximate surface area is 147 Å². The van der Waals surface area contributed by atoms with Gasteiger partial charge in [-0.25, -0.2) is 4.79 Å². The number of hydrogen-bond acceptors (Lipinski definition) is 4. The maximum absolute atomic E-state index is 12.3. The summed E-state index contributed by atoms with van der Waals surface area (Å²) in [6.45, 7) is 5.90. The van der Waals surface area contributed by atoms with Gasteiger partial charge in [-0.1, -0.05) is 18.2 Å². The van der Waals surface area contributed by atoms with Gasteiger partial charge in [-0.3, -0.25) is 4.90 Å². The third-order valence-corrected chi connectivity index (χ3v) is 4.22. The summed E-state index contributed by atoms with van der Waals surface area (Å²) in [6, 6.07) is 12.4. The number of amides is 2. The number of morpholine rings is 1. The molecule has 2 aromatic carbocycles. The summed E-state index contributed by atoms with van der Waals surface area (Å²) in [5, 5.41) is 15.2. The zero-order valence-corrected chi connectivity index (χ0v) is 14.3. The number of nitrogens with one attached hydrogen (secondary N) is 2. The SMILES string of the molecule is Cc1cc(O)ccc1NC(=O)Nc1ccccc1CN1CCOCC1. The van der Waals surface area contributed by atoms with Crippen molar-refractivity contribution in [2.75, 3.05) is 36.9 Å². The van der Waals surface area contributed by atoms with Gasteiger partial charge < -0.3 is 20.5 Å². The quantitative estimate of drug-likeness (QED) is 0.747. The fraction of sp³-hybridized carbons (Fsp3) is 0.316. The van der Waals surface area contributed by atoms with Gasteiger partial charge in [0.1, 0.15) is 5.75 Å². The molecule has 0 radical (unpaired) electrons. The molecule has 6 heteroatoms. The minimum absolute atomic E-state index is 0.180. The first kappa shape index (κ1) is 17.3. The molecule has 0 aliphatic carbocycles. The fourth-order valence-corrected chi connectivity index (χ4v) is 2.84. The molecular formula is C19H23N3O3. The van der Waals surface area contributed by atoms with Gasteiger partial charge in [-0.05, 0) is 42.3 Å². The molecular weight excluding hydrogens is 318 g/mol. The first-order valence-corrected chi connectivity index (χ1v) is 8.37. The van der Waals surface area contributed by atoms with Crippen LogP contribution in [0.3, 0.4) is 0 Å². The number of para-hydroxylation sites is 1. The van der Waals surface area contributed by atoms with Crippen LogP contribution in [-0.2, 0) is 11.3 Å². The summed E-state index contributed by atoms with van der Waals surface area (Å²) in [6.07, 6.45) is 0. The molecule has 1 heterocycles. The van der Waals surface area contributed by atoms with Crippen molar-refractivity contribution in [2.45, 2.75) is 13.5 Å². The van der Waals surface area contributed by atoms with Gasteiger partial charge in [0.05, 0.1) is 13.2 Å². The standard InChI is InChI=1S/C19H23N3O3/c1-14-12-16(23)6-7-17(14)20-19(24)21-18-5-3-2-4-15(18)13-22-8-10-25-11-9-22/h2-7,12,23H,8-11,13H2,1H3,(H2,20,21,24). The predicted octanol–water partition coefficient (Wildman–Crippen LogP) is 3.18. The van der Waals surface area contributed by atoms with E-state index in [2.05, 4.69) is 15.5 Å². The van der Waals surface area contributed by atoms with Gasteiger partial charge in [0.25, 0.3) is 0 Å². The Morgan fingerprint density at radius 3 is 2.60 bits per heavy atom. The summed E-state index contributed by atoms with van der Waals surface area (Å²) in [5.41, 5.74) is 3.34. The smallest absolute Gasteiger partial charge is 0.323 e. The third-order valence-electron chi connectivity index (χ3n) is 4.22. The van der Waals surface area contributed by atoms with Crippen molar-refractivity contribution in [1.82, 2.24) is 4.90 Å². The number of benzene rings is 2. The number of carbonyl (C=O) groups is 1. The van der Waals surface area contributed by atoms with Gasteiger partial charge in [0.2, 0.25) is 0 Å². The van der Waals surface area contributed by atoms with Gasteiger partial charge in [-0.15, -0.1) is 0 Å². The minimum Gasteiger partial charge on any atom is -0.508 e. The second kappa shape index (κ2) is 8.00. The Hall–Kier alpha value is -2.57. The van der Waals surface area contributed by atoms with Crippen molar-refractivity contribution < 1.29 is 14.6 Å². The van der Waals surface area contributed by atoms with Crippen molar-refractivity contribution in [2.24, 2.45) is 0 Å². The molecule has 0 atom stereocenters. The minimum atomic E-state index is -0.303. The van der Waals surface area contributed by atoms with Crippen LogP contribution in [0.5, 0.6) is 5.75 Å². The van der Waals surface area contributed by atoms with Crippen molar-refractivity contribution in [1.29, 1.82) is 0 Å². The second-order valence-electron chi connectivity index (χ2n) is 6.12. The van der Waals surface area contributed by atoms with E-state index in [-0.39, 0.29) is 11.8 Å². The van der Waals surface area contributed by atoms with E-state index in [9.17, 15) is 9.90 Å². The number of urea groups is 1. The van der Waals surface area contributed by atoms with Crippen LogP contribution in [-0.4, -0.2) is 42.3 Å². The number of phenolic OH excluding ortho intramolecular Hbond substituents is 1. The number of anilines is 2. The maximum atomic E-state index is 12.3. The number of phenols is 1. The first-order valence-electron chi connectivity index (χ1n) is 8.37. The molecule has 1 aliphatic heterocycles. The van der Waals surface area contributed by atoms with E-state index in [1.54, 1.807) is 18.2 Å². The lowest BCUT2D eigenvalue weighted by Crippen LogP contribution is -2.36. The molecule has 2 amide bonds. The highest BCUT2D eigenvalue weighted by Crippen LogP contribution is 2.22. The number of aromatic hydroxyl groups is 1. The molecule has 3 rings (SSSR count). The van der Waals surface area contributed by atoms with Crippen molar-refractivity contribution in [3.8, 4) is 5.75 Å². The van der Waals surface area contributed by atoms with E-state index in [4.69, 9.17) is 4.74 Å². The molecule has 0 bridgehead atoms. The Morgan fingerprint density at radius 1 is 1.12 bits per heavy atom. The van der Waals surface area contributed by atoms with Crippen molar-refractivity contribution in [3.05, 3.63) is 53.6 Å². The van der Waals surface area contributed by atoms with Gasteiger partial charge in [-0.2, -0.15) is 0 Å². The first-order chi connectivity index (χ1) is 12.1. The van der Waals surface area contributed by atoms with E-state index in [0.29, 0.717) is 5.69 Å². The average molecular weight is 341 g/mol. The predicted molar refractivity (Wildman–Crippen MR) is 98.0 cm³/mol. The van der Waals surface area contributed by atoms with Crippen molar-refractivity contribution >= 4 is 17.4 Å². The van der Waals surface area contributed by atoms with Crippen LogP contribution in [0.2, 0.25) is 0 Å². The number of nitrogens with zero attached hydrogens (tertiary/aromatic N) is 1. The lowest BCUT2D eigenvalue weighted by atomic mass is 10.1. The fourth-order valence-electron chi connectivity index (χ4n) is 2.84. The molecule has 6 nitrogen and oxygen atoms in total. The molecule has 2 aromatic rings. The number of hydrogen-bond donors (Lipinski definition) is 3. The summed E-state index contributed by atoms with van der Waals surface area (Å²) in [5.74, 6) is 0.180. The van der Waals surface area contributed by atoms with Crippen molar-refractivity contribution in [3.63, 3.8) is 0 Å². The molecule has 0 spiro atoms. The van der Waals surface area contributed by atoms with E-state index in [0.717, 1.165) is 49.7 Å². The lowest BCUT2D eigenvalue weighted by molar-refractivity contribution is 0.0343. The van der Waals surface area contributed by atoms with Crippen LogP contribution in [0.25, 0.3) is 0 Å². The number of ether oxygens (including phenoxy) is 1. The highest BCUT2D eigenvalue weighted by molar-refractivity contribution is 6.00. The third kappa shape index (κ3) is 4.71. The van der Waals surface area contributed by atoms with Gasteiger partial charge >= 0.3 is 6.03 Å². The molecule has 3 N–H and O–H groups in total. The molecule has 1 aliphatic rings. The molecule has 0 saturated carbocycles. The molecule has 1 saturated heterocycles. The van der Waals surface area contributed by atoms with Crippen LogP contribution in [0.15, 0.2) is 42.5 Å². The number of rotatable bonds is 4. The molecule has 132 valence electrons. The van der Waals surface area contributed by atoms with E-state index in [1.807, 2.05) is 31.2 Å². The van der Waals surface area contributed by atoms with E-state index < -0.39 is 0 Å². The Kier molecular flexibility index (Phi) is 5.53. The number of aryl methyl sites for hydroxylation is 1. The molecule has 0 aromatic heterocycles. The van der Waals surface area contributed by atoms with E-state index in [1.165, 1.54) is 0 Å². The lowest BCUT2D eigenvalue weighted by Gasteiger charge is -2.27. The normalized spacial score (nSPS) is 14.9. The summed E-state index contributed by atoms with van der Waals surface area (Å²) in [4.78, 5) is 14.7. The van der Waals surface area contributed by atoms with Crippen LogP contribution in [0.1, 0.15) is 11.1 Å². The second-order valence-corrected chi connectivity index (χ2v) is 6.12. The van der Waals surface area contributed by atoms with Crippen LogP contribution in [0.4, 0.5) is 16.2 Å². The monoisotopic (exact) mass is 341 g/mol. The molecule has 25 heavy (non-hydrogen) atoms. The Bertz CT molecular complexity index is 742. The zero-order chi connectivity index (χ0) is 17.6. The topological polar surface area (TPSA) is 73.8 Å². The van der Waals surface area contributed by atoms with Crippen LogP contribution in [0, 0.1) is 6.92 Å². The highest BCUT2D eigenvalue weighted by Gasteiger charge is 2.14. The Morgan fingerprint density at radius 2 is 1.84 bits per heavy atom. The van der Waals surface area contributed by atoms with Gasteiger partial charge in [0.15, 0.2) is 0 Å². The largest absolute Gasteiger partial charge is 0.508 e. The van der Waals surface area contributed by atoms with Crippen LogP contribution >= 0.6 is 0 Å². The van der Waals surface area contributed by atoms with Crippen LogP contribution < -0.4 is 10.6 Å². The summed E-state index contributed by atoms with van der Waals surface area (Å²) < 4.78 is 5.38. The highest BCUT2D eigenvalue weighted by atomic mass is 16.5. The molecule has 1 fully saturated rings. The summed E-state index contributed by atoms with van der Waals surface area (Å²) in [7, 11) is 0.